The van der Waals surface area contributed by atoms with Crippen molar-refractivity contribution in [1.29, 1.82) is 0 Å². The van der Waals surface area contributed by atoms with E-state index in [2.05, 4.69) is 172 Å². The van der Waals surface area contributed by atoms with E-state index in [0.717, 1.165) is 0 Å². The third kappa shape index (κ3) is 9.64. The molecule has 0 spiro atoms. The van der Waals surface area contributed by atoms with Crippen LogP contribution in [0.3, 0.4) is 0 Å². The predicted molar refractivity (Wildman–Crippen MR) is 301 cm³/mol. The maximum absolute atomic E-state index is 3.84. The molecule has 0 aliphatic carbocycles. The van der Waals surface area contributed by atoms with Gasteiger partial charge >= 0.3 is 0 Å². The number of unbranched alkanes of at least 4 members (excludes halogenated alkanes) is 10. The maximum Gasteiger partial charge on any atom is 0.0590 e. The van der Waals surface area contributed by atoms with Crippen molar-refractivity contribution < 1.29 is 0 Å². The number of aryl methyl sites for hydroxylation is 5. The fraction of sp³-hybridized carbons (Fsp3) is 0.344. The molecule has 0 N–H and O–H groups in total. The van der Waals surface area contributed by atoms with Crippen LogP contribution in [-0.2, 0) is 34.0 Å². The number of nitrogens with zero attached hydrogens (tertiary/aromatic N) is 3. The van der Waals surface area contributed by atoms with Crippen LogP contribution in [0.2, 0.25) is 0 Å². The van der Waals surface area contributed by atoms with E-state index < -0.39 is 0 Å². The van der Waals surface area contributed by atoms with Gasteiger partial charge in [-0.3, -0.25) is 0 Å². The molecule has 0 atom stereocenters. The summed E-state index contributed by atoms with van der Waals surface area (Å²) in [5.41, 5.74) is 9.07. The van der Waals surface area contributed by atoms with Gasteiger partial charge < -0.3 is 13.7 Å². The van der Waals surface area contributed by atoms with E-state index in [1.165, 1.54) is 202 Å². The van der Waals surface area contributed by atoms with Crippen LogP contribution in [0.15, 0.2) is 110 Å². The van der Waals surface area contributed by atoms with Gasteiger partial charge in [-0.1, -0.05) is 139 Å². The van der Waals surface area contributed by atoms with Gasteiger partial charge in [-0.05, 0) is 121 Å². The van der Waals surface area contributed by atoms with Crippen LogP contribution in [0.25, 0.3) is 91.9 Å². The molecule has 0 saturated carbocycles. The smallest absolute Gasteiger partial charge is 0.0590 e. The molecule has 67 heavy (non-hydrogen) atoms. The molecule has 6 heteroatoms. The zero-order chi connectivity index (χ0) is 46.6. The molecule has 0 saturated heterocycles. The molecular weight excluding hydrogens is 871 g/mol. The Hall–Kier alpha value is -5.14. The average molecular weight is 940 g/mol. The number of fused-ring (bicyclic) bond motifs is 9. The molecule has 3 nitrogen and oxygen atoms in total. The van der Waals surface area contributed by atoms with Gasteiger partial charge in [0.25, 0.3) is 0 Å². The molecule has 0 aliphatic heterocycles. The Balaban J connectivity index is 0.000000318. The summed E-state index contributed by atoms with van der Waals surface area (Å²) in [6.45, 7) is 12.7. The SMILES string of the molecule is C=Cc1cc(-c2ccc(C)s2)n(C)c1C.CCCCCCCCc1ccc(-c2cc3ccc4c5ccc6c(ccc7cc(-c8ccc(CCCCCCCC)s8)n(C)c76)c5ccc4c3n2C)s1. The second-order valence-corrected chi connectivity index (χ2v) is 22.5. The van der Waals surface area contributed by atoms with Crippen molar-refractivity contribution >= 4 is 94.2 Å². The molecule has 10 rings (SSSR count). The van der Waals surface area contributed by atoms with Crippen LogP contribution in [0.5, 0.6) is 0 Å². The molecule has 6 aromatic heterocycles. The minimum absolute atomic E-state index is 1.20. The second kappa shape index (κ2) is 21.0. The third-order valence-electron chi connectivity index (χ3n) is 14.3. The monoisotopic (exact) mass is 939 g/mol. The third-order valence-corrected chi connectivity index (χ3v) is 17.7. The molecule has 0 amide bonds. The lowest BCUT2D eigenvalue weighted by Gasteiger charge is -2.12. The fourth-order valence-corrected chi connectivity index (χ4v) is 13.5. The second-order valence-electron chi connectivity index (χ2n) is 18.9. The Morgan fingerprint density at radius 1 is 0.433 bits per heavy atom. The van der Waals surface area contributed by atoms with Crippen molar-refractivity contribution in [2.24, 2.45) is 21.1 Å². The summed E-state index contributed by atoms with van der Waals surface area (Å²) in [5.74, 6) is 0. The van der Waals surface area contributed by atoms with Gasteiger partial charge in [-0.2, -0.15) is 0 Å². The highest BCUT2D eigenvalue weighted by molar-refractivity contribution is 7.16. The van der Waals surface area contributed by atoms with Crippen molar-refractivity contribution in [1.82, 2.24) is 13.7 Å². The van der Waals surface area contributed by atoms with Crippen LogP contribution >= 0.6 is 34.0 Å². The first kappa shape index (κ1) is 46.9. The fourth-order valence-electron chi connectivity index (χ4n) is 10.4. The highest BCUT2D eigenvalue weighted by Gasteiger charge is 2.18. The van der Waals surface area contributed by atoms with Crippen molar-refractivity contribution in [3.63, 3.8) is 0 Å². The van der Waals surface area contributed by atoms with Crippen molar-refractivity contribution in [3.05, 3.63) is 136 Å². The molecule has 0 fully saturated rings. The summed E-state index contributed by atoms with van der Waals surface area (Å²) in [6, 6.07) is 39.6. The largest absolute Gasteiger partial charge is 0.347 e. The summed E-state index contributed by atoms with van der Waals surface area (Å²) in [4.78, 5) is 8.46. The summed E-state index contributed by atoms with van der Waals surface area (Å²) in [7, 11) is 6.61. The Morgan fingerprint density at radius 2 is 0.836 bits per heavy atom. The summed E-state index contributed by atoms with van der Waals surface area (Å²) in [5, 5.41) is 10.6. The molecule has 0 aliphatic rings. The van der Waals surface area contributed by atoms with Crippen LogP contribution < -0.4 is 0 Å². The van der Waals surface area contributed by atoms with Crippen molar-refractivity contribution in [2.75, 3.05) is 0 Å². The number of thiophene rings is 3. The molecule has 0 bridgehead atoms. The lowest BCUT2D eigenvalue weighted by Crippen LogP contribution is -1.92. The number of hydrogen-bond acceptors (Lipinski definition) is 3. The van der Waals surface area contributed by atoms with Gasteiger partial charge in [-0.15, -0.1) is 34.0 Å². The first-order valence-corrected chi connectivity index (χ1v) is 27.5. The maximum atomic E-state index is 3.84. The molecule has 10 aromatic rings. The van der Waals surface area contributed by atoms with Crippen LogP contribution in [0, 0.1) is 13.8 Å². The lowest BCUT2D eigenvalue weighted by atomic mass is 9.95. The minimum Gasteiger partial charge on any atom is -0.347 e. The Kier molecular flexibility index (Phi) is 14.7. The standard InChI is InChI=1S/C48H54N2S2.C13H15NS/c1-5-7-9-11-13-15-17-35-21-29-45(51-35)43-31-33-19-23-39-37-26-28-42-40(38(37)25-27-41(39)47(33)49(43)3)24-20-34-32-44(50(4)48(34)42)46-30-22-36(52-46)18-16-14-12-10-8-6-2;1-5-11-8-12(14(4)10(11)3)13-7-6-9(2)15-13/h19-32H,5-18H2,1-4H3;5-8H,1H2,2-4H3. The van der Waals surface area contributed by atoms with E-state index in [0.29, 0.717) is 0 Å². The number of benzene rings is 4. The first-order valence-electron chi connectivity index (χ1n) is 25.1. The van der Waals surface area contributed by atoms with Crippen LogP contribution in [-0.4, -0.2) is 13.7 Å². The number of rotatable bonds is 18. The van der Waals surface area contributed by atoms with Gasteiger partial charge in [0.05, 0.1) is 42.7 Å². The number of hydrogen-bond donors (Lipinski definition) is 0. The predicted octanol–water partition coefficient (Wildman–Crippen LogP) is 19.4. The quantitative estimate of drug-likeness (QED) is 0.0601. The van der Waals surface area contributed by atoms with Gasteiger partial charge in [0.2, 0.25) is 0 Å². The minimum atomic E-state index is 1.20. The van der Waals surface area contributed by atoms with Crippen LogP contribution in [0.1, 0.15) is 117 Å². The van der Waals surface area contributed by atoms with E-state index in [9.17, 15) is 0 Å². The Bertz CT molecular complexity index is 3140. The zero-order valence-corrected chi connectivity index (χ0v) is 43.5. The average Bonchev–Trinajstić information content (AvgIpc) is 4.22. The van der Waals surface area contributed by atoms with Crippen LogP contribution in [0.4, 0.5) is 0 Å². The highest BCUT2D eigenvalue weighted by Crippen LogP contribution is 2.42. The Labute approximate surface area is 411 Å². The molecule has 4 aromatic carbocycles. The van der Waals surface area contributed by atoms with E-state index >= 15 is 0 Å². The normalized spacial score (nSPS) is 11.8. The summed E-state index contributed by atoms with van der Waals surface area (Å²) >= 11 is 5.79. The molecule has 346 valence electrons. The van der Waals surface area contributed by atoms with E-state index in [1.807, 2.05) is 40.1 Å². The molecule has 6 heterocycles. The van der Waals surface area contributed by atoms with E-state index in [1.54, 1.807) is 0 Å². The highest BCUT2D eigenvalue weighted by atomic mass is 32.1. The Morgan fingerprint density at radius 3 is 1.28 bits per heavy atom. The van der Waals surface area contributed by atoms with Gasteiger partial charge in [0.1, 0.15) is 0 Å². The number of aromatic nitrogens is 3. The molecule has 0 unspecified atom stereocenters. The van der Waals surface area contributed by atoms with Gasteiger partial charge in [0.15, 0.2) is 0 Å². The summed E-state index contributed by atoms with van der Waals surface area (Å²) < 4.78 is 7.09. The van der Waals surface area contributed by atoms with E-state index in [4.69, 9.17) is 0 Å². The molecule has 0 radical (unpaired) electrons. The zero-order valence-electron chi connectivity index (χ0n) is 41.1. The lowest BCUT2D eigenvalue weighted by molar-refractivity contribution is 0.609. The van der Waals surface area contributed by atoms with Crippen molar-refractivity contribution in [2.45, 2.75) is 118 Å². The van der Waals surface area contributed by atoms with E-state index in [-0.39, 0.29) is 0 Å². The molecular formula is C61H69N3S3. The topological polar surface area (TPSA) is 14.8 Å². The first-order chi connectivity index (χ1) is 32.7. The van der Waals surface area contributed by atoms with Gasteiger partial charge in [-0.25, -0.2) is 0 Å². The summed E-state index contributed by atoms with van der Waals surface area (Å²) in [6.07, 6.45) is 20.5. The van der Waals surface area contributed by atoms with Crippen molar-refractivity contribution in [3.8, 4) is 31.7 Å². The van der Waals surface area contributed by atoms with Gasteiger partial charge in [0, 0.05) is 63.0 Å².